The van der Waals surface area contributed by atoms with Gasteiger partial charge in [-0.3, -0.25) is 4.98 Å². The van der Waals surface area contributed by atoms with Gasteiger partial charge in [0, 0.05) is 12.4 Å². The summed E-state index contributed by atoms with van der Waals surface area (Å²) in [5.74, 6) is 0.688. The van der Waals surface area contributed by atoms with Crippen molar-refractivity contribution >= 4 is 12.7 Å². The number of aromatic nitrogens is 1. The Hall–Kier alpha value is -1.63. The summed E-state index contributed by atoms with van der Waals surface area (Å²) in [4.78, 5) is 4.11. The highest BCUT2D eigenvalue weighted by Gasteiger charge is 2.12. The third-order valence-corrected chi connectivity index (χ3v) is 3.04. The Labute approximate surface area is 96.5 Å². The van der Waals surface area contributed by atoms with Crippen LogP contribution in [0.3, 0.4) is 0 Å². The van der Waals surface area contributed by atoms with Gasteiger partial charge in [-0.15, -0.1) is 0 Å². The van der Waals surface area contributed by atoms with Crippen LogP contribution >= 0.6 is 0 Å². The summed E-state index contributed by atoms with van der Waals surface area (Å²) in [6.45, 7) is 10.4. The van der Waals surface area contributed by atoms with E-state index in [4.69, 9.17) is 0 Å². The third-order valence-electron chi connectivity index (χ3n) is 3.04. The molecule has 0 aromatic carbocycles. The molecule has 0 amide bonds. The molecule has 1 aromatic rings. The van der Waals surface area contributed by atoms with E-state index < -0.39 is 0 Å². The molecule has 1 atom stereocenters. The molecule has 1 aliphatic carbocycles. The van der Waals surface area contributed by atoms with Gasteiger partial charge in [0.1, 0.15) is 0 Å². The zero-order valence-electron chi connectivity index (χ0n) is 9.74. The molecule has 1 nitrogen and oxygen atoms in total. The van der Waals surface area contributed by atoms with Gasteiger partial charge in [0.05, 0.1) is 0 Å². The van der Waals surface area contributed by atoms with Crippen LogP contribution in [-0.2, 0) is 0 Å². The summed E-state index contributed by atoms with van der Waals surface area (Å²) in [5, 5.41) is 2.07. The summed E-state index contributed by atoms with van der Waals surface area (Å²) in [5.41, 5.74) is 2.47. The summed E-state index contributed by atoms with van der Waals surface area (Å²) in [7, 11) is 0. The predicted molar refractivity (Wildman–Crippen MR) is 69.1 cm³/mol. The van der Waals surface area contributed by atoms with Crippen LogP contribution < -0.4 is 10.4 Å². The van der Waals surface area contributed by atoms with Crippen LogP contribution in [0.5, 0.6) is 0 Å². The van der Waals surface area contributed by atoms with Gasteiger partial charge in [-0.25, -0.2) is 0 Å². The van der Waals surface area contributed by atoms with E-state index >= 15 is 0 Å². The number of rotatable bonds is 2. The number of nitrogens with zero attached hydrogens (tertiary/aromatic N) is 1. The van der Waals surface area contributed by atoms with Crippen molar-refractivity contribution in [1.82, 2.24) is 4.98 Å². The molecule has 0 spiro atoms. The maximum absolute atomic E-state index is 4.13. The fourth-order valence-corrected chi connectivity index (χ4v) is 2.01. The first-order valence-corrected chi connectivity index (χ1v) is 5.67. The molecule has 2 rings (SSSR count). The van der Waals surface area contributed by atoms with Crippen molar-refractivity contribution in [2.45, 2.75) is 19.8 Å². The van der Waals surface area contributed by atoms with E-state index in [1.165, 1.54) is 12.0 Å². The largest absolute Gasteiger partial charge is 0.264 e. The van der Waals surface area contributed by atoms with Gasteiger partial charge in [-0.05, 0) is 52.5 Å². The Balaban J connectivity index is 2.32. The SMILES string of the molecule is C=C(/C=c1/cnccc1=C)C1=CC(C)CC1. The van der Waals surface area contributed by atoms with E-state index in [0.717, 1.165) is 22.4 Å². The minimum atomic E-state index is 0.688. The number of pyridine rings is 1. The summed E-state index contributed by atoms with van der Waals surface area (Å²) in [6.07, 6.45) is 10.4. The molecule has 82 valence electrons. The molecule has 0 fully saturated rings. The lowest BCUT2D eigenvalue weighted by Crippen LogP contribution is -2.23. The van der Waals surface area contributed by atoms with E-state index in [1.807, 2.05) is 12.3 Å². The molecule has 0 radical (unpaired) electrons. The second-order valence-corrected chi connectivity index (χ2v) is 4.45. The molecule has 1 heteroatoms. The van der Waals surface area contributed by atoms with Crippen LogP contribution in [0.15, 0.2) is 42.3 Å². The van der Waals surface area contributed by atoms with Crippen LogP contribution in [0.1, 0.15) is 19.8 Å². The molecule has 1 unspecified atom stereocenters. The van der Waals surface area contributed by atoms with Crippen molar-refractivity contribution in [3.63, 3.8) is 0 Å². The zero-order valence-corrected chi connectivity index (χ0v) is 9.74. The first-order chi connectivity index (χ1) is 7.66. The Morgan fingerprint density at radius 3 is 3.00 bits per heavy atom. The smallest absolute Gasteiger partial charge is 0.0346 e. The average Bonchev–Trinajstić information content (AvgIpc) is 2.68. The van der Waals surface area contributed by atoms with Gasteiger partial charge in [0.2, 0.25) is 0 Å². The van der Waals surface area contributed by atoms with E-state index in [0.29, 0.717) is 5.92 Å². The molecule has 0 saturated heterocycles. The predicted octanol–water partition coefficient (Wildman–Crippen LogP) is 2.18. The van der Waals surface area contributed by atoms with Crippen LogP contribution in [0, 0.1) is 5.92 Å². The normalized spacial score (nSPS) is 20.9. The van der Waals surface area contributed by atoms with Gasteiger partial charge in [-0.2, -0.15) is 0 Å². The summed E-state index contributed by atoms with van der Waals surface area (Å²) in [6, 6.07) is 1.92. The number of hydrogen-bond donors (Lipinski definition) is 0. The van der Waals surface area contributed by atoms with E-state index in [-0.39, 0.29) is 0 Å². The second kappa shape index (κ2) is 4.48. The van der Waals surface area contributed by atoms with Gasteiger partial charge in [0.15, 0.2) is 0 Å². The van der Waals surface area contributed by atoms with Crippen molar-refractivity contribution in [1.29, 1.82) is 0 Å². The second-order valence-electron chi connectivity index (χ2n) is 4.45. The fraction of sp³-hybridized carbons (Fsp3) is 0.267. The first kappa shape index (κ1) is 10.9. The lowest BCUT2D eigenvalue weighted by atomic mass is 10.1. The minimum absolute atomic E-state index is 0.688. The molecule has 0 aliphatic heterocycles. The number of hydrogen-bond acceptors (Lipinski definition) is 1. The minimum Gasteiger partial charge on any atom is -0.264 e. The van der Waals surface area contributed by atoms with E-state index in [1.54, 1.807) is 6.20 Å². The van der Waals surface area contributed by atoms with Gasteiger partial charge in [0.25, 0.3) is 0 Å². The topological polar surface area (TPSA) is 12.9 Å². The first-order valence-electron chi connectivity index (χ1n) is 5.67. The van der Waals surface area contributed by atoms with Crippen LogP contribution in [0.2, 0.25) is 0 Å². The monoisotopic (exact) mass is 211 g/mol. The van der Waals surface area contributed by atoms with Crippen molar-refractivity contribution in [2.24, 2.45) is 5.92 Å². The quantitative estimate of drug-likeness (QED) is 0.730. The molecular weight excluding hydrogens is 194 g/mol. The Morgan fingerprint density at radius 2 is 2.38 bits per heavy atom. The molecule has 16 heavy (non-hydrogen) atoms. The highest BCUT2D eigenvalue weighted by Crippen LogP contribution is 2.28. The summed E-state index contributed by atoms with van der Waals surface area (Å²) >= 11 is 0. The molecular formula is C15H17N. The zero-order chi connectivity index (χ0) is 11.5. The van der Waals surface area contributed by atoms with Crippen molar-refractivity contribution in [3.05, 3.63) is 52.7 Å². The van der Waals surface area contributed by atoms with Gasteiger partial charge < -0.3 is 0 Å². The van der Waals surface area contributed by atoms with Crippen molar-refractivity contribution in [3.8, 4) is 0 Å². The molecule has 0 saturated carbocycles. The third kappa shape index (κ3) is 2.30. The molecule has 0 N–H and O–H groups in total. The Morgan fingerprint density at radius 1 is 1.56 bits per heavy atom. The van der Waals surface area contributed by atoms with Crippen LogP contribution in [0.25, 0.3) is 12.7 Å². The molecule has 1 heterocycles. The van der Waals surface area contributed by atoms with E-state index in [9.17, 15) is 0 Å². The highest BCUT2D eigenvalue weighted by molar-refractivity contribution is 5.56. The molecule has 1 aromatic heterocycles. The van der Waals surface area contributed by atoms with Gasteiger partial charge in [-0.1, -0.05) is 26.2 Å². The molecule has 0 bridgehead atoms. The molecule has 1 aliphatic rings. The lowest BCUT2D eigenvalue weighted by molar-refractivity contribution is 0.699. The lowest BCUT2D eigenvalue weighted by Gasteiger charge is -1.99. The fourth-order valence-electron chi connectivity index (χ4n) is 2.01. The van der Waals surface area contributed by atoms with E-state index in [2.05, 4.69) is 37.2 Å². The van der Waals surface area contributed by atoms with Crippen molar-refractivity contribution in [2.75, 3.05) is 0 Å². The average molecular weight is 211 g/mol. The Kier molecular flexibility index (Phi) is 3.04. The van der Waals surface area contributed by atoms with Gasteiger partial charge >= 0.3 is 0 Å². The maximum Gasteiger partial charge on any atom is 0.0346 e. The highest BCUT2D eigenvalue weighted by atomic mass is 14.6. The van der Waals surface area contributed by atoms with Crippen LogP contribution in [0.4, 0.5) is 0 Å². The maximum atomic E-state index is 4.13. The summed E-state index contributed by atoms with van der Waals surface area (Å²) < 4.78 is 0. The van der Waals surface area contributed by atoms with Crippen LogP contribution in [-0.4, -0.2) is 4.98 Å². The van der Waals surface area contributed by atoms with Crippen molar-refractivity contribution < 1.29 is 0 Å². The number of allylic oxidation sites excluding steroid dienone is 3. The standard InChI is InChI=1S/C15H17N/c1-11-4-5-14(8-11)13(3)9-15-10-16-7-6-12(15)2/h6-11H,2-5H2,1H3/b15-9-. The Bertz CT molecular complexity index is 537.